The number of carbonyl (C=O) groups is 1. The number of thioether (sulfide) groups is 2. The second-order valence-corrected chi connectivity index (χ2v) is 10.6. The fourth-order valence-corrected chi connectivity index (χ4v) is 6.27. The lowest BCUT2D eigenvalue weighted by Gasteiger charge is -2.35. The predicted octanol–water partition coefficient (Wildman–Crippen LogP) is 7.96. The van der Waals surface area contributed by atoms with E-state index in [-0.39, 0.29) is 12.2 Å². The molecule has 0 amide bonds. The summed E-state index contributed by atoms with van der Waals surface area (Å²) >= 11 is 17.9. The van der Waals surface area contributed by atoms with Gasteiger partial charge < -0.3 is 5.11 Å². The van der Waals surface area contributed by atoms with Crippen molar-refractivity contribution in [2.24, 2.45) is 0 Å². The van der Waals surface area contributed by atoms with Gasteiger partial charge in [-0.25, -0.2) is 8.78 Å². The second-order valence-electron chi connectivity index (χ2n) is 6.64. The minimum absolute atomic E-state index is 0.0583. The van der Waals surface area contributed by atoms with E-state index in [0.717, 1.165) is 39.2 Å². The van der Waals surface area contributed by atoms with E-state index in [4.69, 9.17) is 28.3 Å². The zero-order chi connectivity index (χ0) is 21.4. The molecule has 29 heavy (non-hydrogen) atoms. The normalized spacial score (nSPS) is 19.3. The number of carboxylic acid groups (broad SMARTS) is 1. The van der Waals surface area contributed by atoms with Crippen molar-refractivity contribution in [3.63, 3.8) is 0 Å². The van der Waals surface area contributed by atoms with Gasteiger partial charge in [0, 0.05) is 26.3 Å². The highest BCUT2D eigenvalue weighted by molar-refractivity contribution is 9.10. The highest BCUT2D eigenvalue weighted by Gasteiger charge is 2.54. The van der Waals surface area contributed by atoms with Crippen LogP contribution >= 0.6 is 62.7 Å². The van der Waals surface area contributed by atoms with E-state index in [0.29, 0.717) is 15.6 Å². The van der Waals surface area contributed by atoms with E-state index in [9.17, 15) is 13.6 Å². The van der Waals surface area contributed by atoms with Crippen molar-refractivity contribution in [1.82, 2.24) is 0 Å². The first-order valence-electron chi connectivity index (χ1n) is 8.37. The number of hydrogen-bond acceptors (Lipinski definition) is 3. The number of allylic oxidation sites excluding steroid dienone is 1. The van der Waals surface area contributed by atoms with E-state index in [1.54, 1.807) is 11.5 Å². The van der Waals surface area contributed by atoms with Gasteiger partial charge in [0.2, 0.25) is 0 Å². The van der Waals surface area contributed by atoms with Crippen LogP contribution in [0.2, 0.25) is 10.0 Å². The number of halogens is 5. The molecule has 154 valence electrons. The lowest BCUT2D eigenvalue weighted by Crippen LogP contribution is -2.38. The Morgan fingerprint density at radius 3 is 2.48 bits per heavy atom. The average Bonchev–Trinajstić information content (AvgIpc) is 3.06. The molecule has 1 N–H and O–H groups in total. The maximum Gasteiger partial charge on any atom is 0.313 e. The van der Waals surface area contributed by atoms with Crippen molar-refractivity contribution in [1.29, 1.82) is 0 Å². The summed E-state index contributed by atoms with van der Waals surface area (Å²) in [4.78, 5) is 11.5. The highest BCUT2D eigenvalue weighted by atomic mass is 79.9. The van der Waals surface area contributed by atoms with Crippen LogP contribution in [0.25, 0.3) is 5.57 Å². The molecule has 0 aromatic heterocycles. The van der Waals surface area contributed by atoms with Gasteiger partial charge in [0.25, 0.3) is 5.92 Å². The number of hydrogen-bond donors (Lipinski definition) is 1. The summed E-state index contributed by atoms with van der Waals surface area (Å²) in [5, 5.41) is 11.2. The molecule has 1 aliphatic heterocycles. The fourth-order valence-electron chi connectivity index (χ4n) is 3.12. The molecule has 9 heteroatoms. The molecule has 3 rings (SSSR count). The summed E-state index contributed by atoms with van der Waals surface area (Å²) < 4.78 is 28.9. The molecule has 2 aromatic rings. The summed E-state index contributed by atoms with van der Waals surface area (Å²) in [5.41, 5.74) is 1.94. The van der Waals surface area contributed by atoms with Gasteiger partial charge in [0.15, 0.2) is 0 Å². The van der Waals surface area contributed by atoms with E-state index < -0.39 is 16.6 Å². The number of benzene rings is 2. The zero-order valence-corrected chi connectivity index (χ0v) is 19.7. The van der Waals surface area contributed by atoms with Crippen LogP contribution in [0, 0.1) is 0 Å². The van der Waals surface area contributed by atoms with Crippen LogP contribution in [0.3, 0.4) is 0 Å². The molecule has 0 fully saturated rings. The third-order valence-corrected chi connectivity index (χ3v) is 8.49. The lowest BCUT2D eigenvalue weighted by atomic mass is 9.85. The van der Waals surface area contributed by atoms with Crippen molar-refractivity contribution in [2.75, 3.05) is 5.75 Å². The molecule has 0 radical (unpaired) electrons. The fraction of sp³-hybridized carbons (Fsp3) is 0.250. The van der Waals surface area contributed by atoms with Crippen molar-refractivity contribution >= 4 is 74.2 Å². The minimum Gasteiger partial charge on any atom is -0.481 e. The summed E-state index contributed by atoms with van der Waals surface area (Å²) in [6.07, 6.45) is 0.103. The maximum absolute atomic E-state index is 14.8. The molecular weight excluding hydrogens is 525 g/mol. The van der Waals surface area contributed by atoms with Crippen LogP contribution in [-0.4, -0.2) is 22.8 Å². The molecular formula is C20H15BrCl2F2O2S2. The van der Waals surface area contributed by atoms with E-state index in [2.05, 4.69) is 15.9 Å². The number of rotatable bonds is 6. The molecule has 0 bridgehead atoms. The Balaban J connectivity index is 1.93. The lowest BCUT2D eigenvalue weighted by molar-refractivity contribution is -0.133. The molecule has 1 atom stereocenters. The summed E-state index contributed by atoms with van der Waals surface area (Å²) in [6, 6.07) is 10.0. The third kappa shape index (κ3) is 4.96. The van der Waals surface area contributed by atoms with E-state index >= 15 is 0 Å². The summed E-state index contributed by atoms with van der Waals surface area (Å²) in [7, 11) is 0. The third-order valence-electron chi connectivity index (χ3n) is 4.53. The van der Waals surface area contributed by atoms with Crippen LogP contribution in [0.1, 0.15) is 24.5 Å². The Morgan fingerprint density at radius 1 is 1.28 bits per heavy atom. The van der Waals surface area contributed by atoms with Gasteiger partial charge in [-0.05, 0) is 74.8 Å². The molecule has 2 nitrogen and oxygen atoms in total. The standard InChI is InChI=1S/C20H15BrCl2F2O2S2/c1-19(24,25)20(13-5-14(22)7-15(23)6-13)8-12(9-29-20)11-2-3-17(16(21)4-11)28-10-18(26)27/h2-7,9H,8,10H2,1H3,(H,26,27). The van der Waals surface area contributed by atoms with Gasteiger partial charge in [0.05, 0.1) is 5.75 Å². The Morgan fingerprint density at radius 2 is 1.93 bits per heavy atom. The van der Waals surface area contributed by atoms with Crippen molar-refractivity contribution in [3.8, 4) is 0 Å². The van der Waals surface area contributed by atoms with Crippen molar-refractivity contribution in [2.45, 2.75) is 28.9 Å². The summed E-state index contributed by atoms with van der Waals surface area (Å²) in [6.45, 7) is 0.910. The molecule has 1 heterocycles. The van der Waals surface area contributed by atoms with Gasteiger partial charge in [0.1, 0.15) is 4.75 Å². The molecule has 2 aromatic carbocycles. The minimum atomic E-state index is -3.03. The maximum atomic E-state index is 14.8. The van der Waals surface area contributed by atoms with Crippen molar-refractivity contribution < 1.29 is 18.7 Å². The molecule has 0 aliphatic carbocycles. The Labute approximate surface area is 194 Å². The Hall–Kier alpha value is -0.730. The van der Waals surface area contributed by atoms with Crippen molar-refractivity contribution in [3.05, 3.63) is 67.5 Å². The second kappa shape index (κ2) is 8.79. The first-order chi connectivity index (χ1) is 13.5. The Bertz CT molecular complexity index is 975. The molecule has 1 unspecified atom stereocenters. The van der Waals surface area contributed by atoms with Gasteiger partial charge in [-0.1, -0.05) is 29.3 Å². The molecule has 0 spiro atoms. The topological polar surface area (TPSA) is 37.3 Å². The van der Waals surface area contributed by atoms with Crippen LogP contribution in [0.15, 0.2) is 51.2 Å². The van der Waals surface area contributed by atoms with E-state index in [1.165, 1.54) is 30.0 Å². The van der Waals surface area contributed by atoms with Crippen LogP contribution in [0.4, 0.5) is 8.78 Å². The SMILES string of the molecule is CC(F)(F)C1(c2cc(Cl)cc(Cl)c2)CC(c2ccc(SCC(=O)O)c(Br)c2)=CS1. The first kappa shape index (κ1) is 22.9. The van der Waals surface area contributed by atoms with E-state index in [1.807, 2.05) is 12.1 Å². The quantitative estimate of drug-likeness (QED) is 0.378. The molecule has 0 saturated carbocycles. The largest absolute Gasteiger partial charge is 0.481 e. The van der Waals surface area contributed by atoms with Gasteiger partial charge >= 0.3 is 5.97 Å². The van der Waals surface area contributed by atoms with Gasteiger partial charge in [-0.2, -0.15) is 0 Å². The monoisotopic (exact) mass is 538 g/mol. The Kier molecular flexibility index (Phi) is 6.95. The predicted molar refractivity (Wildman–Crippen MR) is 121 cm³/mol. The average molecular weight is 540 g/mol. The van der Waals surface area contributed by atoms with Gasteiger partial charge in [-0.15, -0.1) is 23.5 Å². The van der Waals surface area contributed by atoms with Crippen LogP contribution in [-0.2, 0) is 9.54 Å². The van der Waals surface area contributed by atoms with Gasteiger partial charge in [-0.3, -0.25) is 4.79 Å². The first-order valence-corrected chi connectivity index (χ1v) is 11.8. The highest BCUT2D eigenvalue weighted by Crippen LogP contribution is 2.59. The number of carboxylic acids is 1. The van der Waals surface area contributed by atoms with Crippen LogP contribution < -0.4 is 0 Å². The smallest absolute Gasteiger partial charge is 0.313 e. The number of aliphatic carboxylic acids is 1. The number of alkyl halides is 2. The summed E-state index contributed by atoms with van der Waals surface area (Å²) in [5.74, 6) is -3.99. The van der Waals surface area contributed by atoms with Crippen LogP contribution in [0.5, 0.6) is 0 Å². The molecule has 1 aliphatic rings. The zero-order valence-electron chi connectivity index (χ0n) is 15.0. The molecule has 0 saturated heterocycles.